The number of likely N-dealkylation sites (tertiary alicyclic amines) is 1. The molecule has 3 aromatic heterocycles. The van der Waals surface area contributed by atoms with Crippen LogP contribution in [0.1, 0.15) is 31.4 Å². The lowest BCUT2D eigenvalue weighted by Gasteiger charge is -2.34. The molecule has 6 rings (SSSR count). The number of nitrogens with zero attached hydrogens (tertiary/aromatic N) is 7. The highest BCUT2D eigenvalue weighted by atomic mass is 19.3. The van der Waals surface area contributed by atoms with Crippen LogP contribution in [0.3, 0.4) is 0 Å². The van der Waals surface area contributed by atoms with Gasteiger partial charge in [-0.2, -0.15) is 0 Å². The summed E-state index contributed by atoms with van der Waals surface area (Å²) in [5.41, 5.74) is 10.9. The minimum absolute atomic E-state index is 0.0116. The third-order valence-electron chi connectivity index (χ3n) is 6.61. The minimum Gasteiger partial charge on any atom is -0.367 e. The van der Waals surface area contributed by atoms with Gasteiger partial charge < -0.3 is 5.73 Å². The third-order valence-corrected chi connectivity index (χ3v) is 6.61. The van der Waals surface area contributed by atoms with Crippen LogP contribution in [0.25, 0.3) is 27.7 Å². The van der Waals surface area contributed by atoms with Gasteiger partial charge in [0.05, 0.1) is 29.8 Å². The average molecular weight is 473 g/mol. The number of nitrogen functional groups attached to an aromatic ring is 1. The van der Waals surface area contributed by atoms with E-state index >= 15 is 0 Å². The SMILES string of the molecule is Cc1nc(N)nn2ccc(-c3ccc4nnn(CCF)c4c3)c12.FC1(F)CCN(C2CCC2)C1. The van der Waals surface area contributed by atoms with Gasteiger partial charge in [-0.15, -0.1) is 10.2 Å². The van der Waals surface area contributed by atoms with Crippen molar-refractivity contribution in [2.45, 2.75) is 51.1 Å². The summed E-state index contributed by atoms with van der Waals surface area (Å²) in [5, 5.41) is 12.2. The van der Waals surface area contributed by atoms with E-state index in [2.05, 4.69) is 20.4 Å². The second kappa shape index (κ2) is 8.86. The molecular formula is C23H27F3N8. The first-order valence-electron chi connectivity index (χ1n) is 11.5. The predicted molar refractivity (Wildman–Crippen MR) is 123 cm³/mol. The molecular weight excluding hydrogens is 445 g/mol. The summed E-state index contributed by atoms with van der Waals surface area (Å²) in [7, 11) is 0. The van der Waals surface area contributed by atoms with Crippen LogP contribution >= 0.6 is 0 Å². The number of aryl methyl sites for hydroxylation is 2. The minimum atomic E-state index is -2.39. The summed E-state index contributed by atoms with van der Waals surface area (Å²) in [4.78, 5) is 6.17. The van der Waals surface area contributed by atoms with Crippen LogP contribution in [0.15, 0.2) is 30.5 Å². The standard InChI is InChI=1S/C15H14FN7.C8H13F2N/c1-9-14-11(4-6-23(14)20-15(17)18-9)10-2-3-12-13(8-10)22(7-5-16)21-19-12;9-8(10)4-5-11(6-8)7-2-1-3-7/h2-4,6,8H,5,7H2,1H3,(H2,17,20);7H,1-6H2. The smallest absolute Gasteiger partial charge is 0.261 e. The molecule has 1 saturated carbocycles. The van der Waals surface area contributed by atoms with Crippen molar-refractivity contribution in [1.82, 2.24) is 34.5 Å². The Morgan fingerprint density at radius 2 is 2.03 bits per heavy atom. The van der Waals surface area contributed by atoms with Crippen LogP contribution in [0.2, 0.25) is 0 Å². The van der Waals surface area contributed by atoms with Gasteiger partial charge in [0.2, 0.25) is 5.95 Å². The molecule has 0 unspecified atom stereocenters. The molecule has 2 fully saturated rings. The number of benzene rings is 1. The average Bonchev–Trinajstić information content (AvgIpc) is 3.44. The van der Waals surface area contributed by atoms with E-state index in [0.29, 0.717) is 12.6 Å². The van der Waals surface area contributed by atoms with E-state index in [-0.39, 0.29) is 25.5 Å². The van der Waals surface area contributed by atoms with Crippen molar-refractivity contribution in [3.63, 3.8) is 0 Å². The van der Waals surface area contributed by atoms with E-state index in [0.717, 1.165) is 46.2 Å². The maximum Gasteiger partial charge on any atom is 0.261 e. The lowest BCUT2D eigenvalue weighted by Crippen LogP contribution is -2.39. The van der Waals surface area contributed by atoms with Gasteiger partial charge in [-0.25, -0.2) is 27.4 Å². The molecule has 0 bridgehead atoms. The van der Waals surface area contributed by atoms with Crippen molar-refractivity contribution in [2.24, 2.45) is 0 Å². The van der Waals surface area contributed by atoms with Crippen LogP contribution in [0.4, 0.5) is 19.1 Å². The summed E-state index contributed by atoms with van der Waals surface area (Å²) in [6, 6.07) is 8.24. The number of alkyl halides is 3. The molecule has 1 aliphatic carbocycles. The fourth-order valence-corrected chi connectivity index (χ4v) is 4.66. The van der Waals surface area contributed by atoms with Gasteiger partial charge in [-0.05, 0) is 43.5 Å². The third kappa shape index (κ3) is 4.31. The number of anilines is 1. The van der Waals surface area contributed by atoms with Gasteiger partial charge >= 0.3 is 0 Å². The Morgan fingerprint density at radius 1 is 1.21 bits per heavy atom. The fraction of sp³-hybridized carbons (Fsp3) is 0.478. The molecule has 1 aromatic carbocycles. The van der Waals surface area contributed by atoms with Gasteiger partial charge in [0.25, 0.3) is 5.92 Å². The van der Waals surface area contributed by atoms with E-state index in [1.807, 2.05) is 42.3 Å². The summed E-state index contributed by atoms with van der Waals surface area (Å²) >= 11 is 0. The fourth-order valence-electron chi connectivity index (χ4n) is 4.66. The molecule has 2 aliphatic rings. The lowest BCUT2D eigenvalue weighted by atomic mass is 9.92. The number of nitrogens with two attached hydrogens (primary N) is 1. The Kier molecular flexibility index (Phi) is 5.88. The molecule has 0 amide bonds. The predicted octanol–water partition coefficient (Wildman–Crippen LogP) is 3.88. The second-order valence-electron chi connectivity index (χ2n) is 8.94. The van der Waals surface area contributed by atoms with E-state index in [1.54, 1.807) is 9.20 Å². The molecule has 0 radical (unpaired) electrons. The number of hydrogen-bond acceptors (Lipinski definition) is 6. The van der Waals surface area contributed by atoms with Gasteiger partial charge in [0.1, 0.15) is 12.2 Å². The Hall–Kier alpha value is -3.21. The Balaban J connectivity index is 0.000000183. The molecule has 8 nitrogen and oxygen atoms in total. The van der Waals surface area contributed by atoms with Crippen molar-refractivity contribution in [3.8, 4) is 11.1 Å². The van der Waals surface area contributed by atoms with Crippen molar-refractivity contribution < 1.29 is 13.2 Å². The van der Waals surface area contributed by atoms with Gasteiger partial charge in [0, 0.05) is 30.8 Å². The highest BCUT2D eigenvalue weighted by Crippen LogP contribution is 2.34. The van der Waals surface area contributed by atoms with Crippen LogP contribution < -0.4 is 5.73 Å². The van der Waals surface area contributed by atoms with E-state index in [1.165, 1.54) is 6.42 Å². The monoisotopic (exact) mass is 472 g/mol. The summed E-state index contributed by atoms with van der Waals surface area (Å²) < 4.78 is 41.3. The van der Waals surface area contributed by atoms with Crippen LogP contribution in [-0.2, 0) is 6.54 Å². The number of halogens is 3. The molecule has 180 valence electrons. The molecule has 4 heterocycles. The number of rotatable bonds is 4. The van der Waals surface area contributed by atoms with Crippen molar-refractivity contribution >= 4 is 22.5 Å². The van der Waals surface area contributed by atoms with Crippen molar-refractivity contribution in [2.75, 3.05) is 25.5 Å². The zero-order chi connectivity index (χ0) is 23.9. The Labute approximate surface area is 194 Å². The second-order valence-corrected chi connectivity index (χ2v) is 8.94. The number of hydrogen-bond donors (Lipinski definition) is 1. The van der Waals surface area contributed by atoms with E-state index in [9.17, 15) is 13.2 Å². The van der Waals surface area contributed by atoms with Gasteiger partial charge in [-0.1, -0.05) is 17.7 Å². The van der Waals surface area contributed by atoms with Crippen LogP contribution in [-0.4, -0.2) is 66.2 Å². The van der Waals surface area contributed by atoms with Crippen LogP contribution in [0.5, 0.6) is 0 Å². The highest BCUT2D eigenvalue weighted by molar-refractivity contribution is 5.88. The maximum atomic E-state index is 12.7. The first-order valence-corrected chi connectivity index (χ1v) is 11.5. The quantitative estimate of drug-likeness (QED) is 0.485. The van der Waals surface area contributed by atoms with Crippen molar-refractivity contribution in [3.05, 3.63) is 36.2 Å². The molecule has 34 heavy (non-hydrogen) atoms. The molecule has 1 saturated heterocycles. The zero-order valence-electron chi connectivity index (χ0n) is 19.0. The summed E-state index contributed by atoms with van der Waals surface area (Å²) in [5.74, 6) is -2.16. The van der Waals surface area contributed by atoms with E-state index < -0.39 is 12.6 Å². The Bertz CT molecular complexity index is 1310. The highest BCUT2D eigenvalue weighted by Gasteiger charge is 2.41. The molecule has 2 N–H and O–H groups in total. The summed E-state index contributed by atoms with van der Waals surface area (Å²) in [6.07, 6.45) is 5.42. The first kappa shape index (κ1) is 22.6. The summed E-state index contributed by atoms with van der Waals surface area (Å²) in [6.45, 7) is 2.22. The molecule has 1 aliphatic heterocycles. The molecule has 0 atom stereocenters. The van der Waals surface area contributed by atoms with Gasteiger partial charge in [-0.3, -0.25) is 4.90 Å². The van der Waals surface area contributed by atoms with Crippen molar-refractivity contribution in [1.29, 1.82) is 0 Å². The molecule has 0 spiro atoms. The van der Waals surface area contributed by atoms with E-state index in [4.69, 9.17) is 5.73 Å². The number of fused-ring (bicyclic) bond motifs is 2. The molecule has 4 aromatic rings. The maximum absolute atomic E-state index is 12.7. The topological polar surface area (TPSA) is 90.2 Å². The Morgan fingerprint density at radius 3 is 2.71 bits per heavy atom. The van der Waals surface area contributed by atoms with Gasteiger partial charge in [0.15, 0.2) is 0 Å². The number of aromatic nitrogens is 6. The van der Waals surface area contributed by atoms with Crippen LogP contribution in [0, 0.1) is 6.92 Å². The normalized spacial score (nSPS) is 18.2. The molecule has 11 heteroatoms. The zero-order valence-corrected chi connectivity index (χ0v) is 19.0. The largest absolute Gasteiger partial charge is 0.367 e. The lowest BCUT2D eigenvalue weighted by molar-refractivity contribution is 0.00252. The first-order chi connectivity index (χ1) is 16.3.